The lowest BCUT2D eigenvalue weighted by Gasteiger charge is -2.15. The molecule has 1 aromatic heterocycles. The van der Waals surface area contributed by atoms with E-state index in [1.807, 2.05) is 18.2 Å². The van der Waals surface area contributed by atoms with E-state index in [4.69, 9.17) is 9.84 Å². The Morgan fingerprint density at radius 3 is 2.70 bits per heavy atom. The van der Waals surface area contributed by atoms with Crippen LogP contribution in [0.2, 0.25) is 25.7 Å². The highest BCUT2D eigenvalue weighted by molar-refractivity contribution is 6.76. The predicted molar refractivity (Wildman–Crippen MR) is 80.8 cm³/mol. The van der Waals surface area contributed by atoms with Gasteiger partial charge in [-0.3, -0.25) is 0 Å². The molecule has 0 saturated carbocycles. The van der Waals surface area contributed by atoms with Gasteiger partial charge in [0, 0.05) is 20.1 Å². The first-order chi connectivity index (χ1) is 9.38. The molecule has 0 amide bonds. The maximum atomic E-state index is 11.2. The molecule has 0 spiro atoms. The topological polar surface area (TPSA) is 64.4 Å². The van der Waals surface area contributed by atoms with Crippen LogP contribution in [0.3, 0.4) is 0 Å². The highest BCUT2D eigenvalue weighted by Crippen LogP contribution is 2.18. The van der Waals surface area contributed by atoms with Gasteiger partial charge in [0.25, 0.3) is 0 Å². The molecule has 5 nitrogen and oxygen atoms in total. The molecule has 6 heteroatoms. The average Bonchev–Trinajstić information content (AvgIpc) is 2.73. The average molecular weight is 292 g/mol. The summed E-state index contributed by atoms with van der Waals surface area (Å²) in [7, 11) is -1.11. The second kappa shape index (κ2) is 5.76. The summed E-state index contributed by atoms with van der Waals surface area (Å²) in [5.74, 6) is -1.01. The number of carboxylic acid groups (broad SMARTS) is 1. The molecule has 1 aromatic carbocycles. The zero-order valence-corrected chi connectivity index (χ0v) is 13.1. The Morgan fingerprint density at radius 2 is 2.05 bits per heavy atom. The van der Waals surface area contributed by atoms with Gasteiger partial charge < -0.3 is 9.84 Å². The van der Waals surface area contributed by atoms with Gasteiger partial charge in [-0.1, -0.05) is 37.8 Å². The van der Waals surface area contributed by atoms with Gasteiger partial charge in [0.15, 0.2) is 5.69 Å². The van der Waals surface area contributed by atoms with E-state index < -0.39 is 14.0 Å². The van der Waals surface area contributed by atoms with Crippen LogP contribution in [0.4, 0.5) is 0 Å². The number of carbonyl (C=O) groups is 1. The quantitative estimate of drug-likeness (QED) is 0.656. The molecule has 2 rings (SSSR count). The molecule has 0 fully saturated rings. The minimum Gasteiger partial charge on any atom is -0.476 e. The summed E-state index contributed by atoms with van der Waals surface area (Å²) in [5.41, 5.74) is 0.868. The van der Waals surface area contributed by atoms with Gasteiger partial charge in [-0.25, -0.2) is 9.48 Å². The van der Waals surface area contributed by atoms with Crippen LogP contribution < -0.4 is 0 Å². The highest BCUT2D eigenvalue weighted by atomic mass is 28.3. The minimum atomic E-state index is -1.11. The van der Waals surface area contributed by atoms with Crippen LogP contribution in [0.15, 0.2) is 24.3 Å². The van der Waals surface area contributed by atoms with Crippen LogP contribution >= 0.6 is 0 Å². The summed E-state index contributed by atoms with van der Waals surface area (Å²) in [5, 5.41) is 13.9. The third kappa shape index (κ3) is 3.46. The van der Waals surface area contributed by atoms with Crippen molar-refractivity contribution in [3.05, 3.63) is 30.0 Å². The number of aromatic nitrogens is 2. The Hall–Kier alpha value is -1.66. The molecule has 0 atom stereocenters. The summed E-state index contributed by atoms with van der Waals surface area (Å²) >= 11 is 0. The van der Waals surface area contributed by atoms with E-state index in [1.54, 1.807) is 10.7 Å². The molecular formula is C14H20N2O3Si. The molecule has 2 aromatic rings. The van der Waals surface area contributed by atoms with Gasteiger partial charge in [0.2, 0.25) is 0 Å². The van der Waals surface area contributed by atoms with Crippen LogP contribution in [0.1, 0.15) is 10.5 Å². The molecule has 1 heterocycles. The van der Waals surface area contributed by atoms with Crippen LogP contribution in [0.25, 0.3) is 10.9 Å². The smallest absolute Gasteiger partial charge is 0.357 e. The standard InChI is InChI=1S/C14H20N2O3Si/c1-20(2,3)9-8-19-10-16-12-7-5-4-6-11(12)13(15-16)14(17)18/h4-7H,8-10H2,1-3H3,(H,17,18). The molecule has 0 saturated heterocycles. The molecule has 0 aliphatic carbocycles. The summed E-state index contributed by atoms with van der Waals surface area (Å²) in [6.07, 6.45) is 0. The Bertz CT molecular complexity index is 616. The van der Waals surface area contributed by atoms with Crippen molar-refractivity contribution in [2.24, 2.45) is 0 Å². The predicted octanol–water partition coefficient (Wildman–Crippen LogP) is 3.05. The van der Waals surface area contributed by atoms with Crippen LogP contribution in [-0.4, -0.2) is 35.5 Å². The van der Waals surface area contributed by atoms with E-state index in [2.05, 4.69) is 24.7 Å². The van der Waals surface area contributed by atoms with Crippen LogP contribution in [0, 0.1) is 0 Å². The number of fused-ring (bicyclic) bond motifs is 1. The van der Waals surface area contributed by atoms with Crippen molar-refractivity contribution in [1.29, 1.82) is 0 Å². The fourth-order valence-corrected chi connectivity index (χ4v) is 2.67. The second-order valence-corrected chi connectivity index (χ2v) is 11.6. The number of benzene rings is 1. The van der Waals surface area contributed by atoms with E-state index in [-0.39, 0.29) is 12.4 Å². The third-order valence-electron chi connectivity index (χ3n) is 3.07. The third-order valence-corrected chi connectivity index (χ3v) is 4.77. The van der Waals surface area contributed by atoms with Crippen molar-refractivity contribution >= 4 is 24.9 Å². The van der Waals surface area contributed by atoms with Crippen molar-refractivity contribution in [2.45, 2.75) is 32.4 Å². The number of para-hydroxylation sites is 1. The molecule has 0 unspecified atom stereocenters. The number of carboxylic acids is 1. The minimum absolute atomic E-state index is 0.0781. The van der Waals surface area contributed by atoms with Crippen molar-refractivity contribution < 1.29 is 14.6 Å². The van der Waals surface area contributed by atoms with Crippen molar-refractivity contribution in [3.63, 3.8) is 0 Å². The fourth-order valence-electron chi connectivity index (χ4n) is 1.91. The number of nitrogens with zero attached hydrogens (tertiary/aromatic N) is 2. The lowest BCUT2D eigenvalue weighted by molar-refractivity contribution is 0.0676. The molecule has 0 aliphatic rings. The Labute approximate surface area is 119 Å². The fraction of sp³-hybridized carbons (Fsp3) is 0.429. The molecule has 108 valence electrons. The molecule has 1 N–H and O–H groups in total. The highest BCUT2D eigenvalue weighted by Gasteiger charge is 2.16. The maximum absolute atomic E-state index is 11.2. The van der Waals surface area contributed by atoms with Gasteiger partial charge in [0.05, 0.1) is 5.52 Å². The van der Waals surface area contributed by atoms with E-state index in [0.29, 0.717) is 12.0 Å². The number of aromatic carboxylic acids is 1. The Morgan fingerprint density at radius 1 is 1.35 bits per heavy atom. The number of hydrogen-bond donors (Lipinski definition) is 1. The van der Waals surface area contributed by atoms with Gasteiger partial charge in [-0.05, 0) is 12.1 Å². The summed E-state index contributed by atoms with van der Waals surface area (Å²) < 4.78 is 7.25. The van der Waals surface area contributed by atoms with Crippen molar-refractivity contribution in [1.82, 2.24) is 9.78 Å². The molecule has 0 radical (unpaired) electrons. The second-order valence-electron chi connectivity index (χ2n) is 6.02. The number of rotatable bonds is 6. The monoisotopic (exact) mass is 292 g/mol. The van der Waals surface area contributed by atoms with Gasteiger partial charge in [-0.15, -0.1) is 0 Å². The largest absolute Gasteiger partial charge is 0.476 e. The molecule has 0 bridgehead atoms. The van der Waals surface area contributed by atoms with Crippen molar-refractivity contribution in [2.75, 3.05) is 6.61 Å². The van der Waals surface area contributed by atoms with E-state index >= 15 is 0 Å². The zero-order chi connectivity index (χ0) is 14.8. The molecular weight excluding hydrogens is 272 g/mol. The van der Waals surface area contributed by atoms with Crippen LogP contribution in [0.5, 0.6) is 0 Å². The Kier molecular flexibility index (Phi) is 4.25. The summed E-state index contributed by atoms with van der Waals surface area (Å²) in [4.78, 5) is 11.2. The van der Waals surface area contributed by atoms with Gasteiger partial charge in [0.1, 0.15) is 6.73 Å². The molecule has 0 aliphatic heterocycles. The first-order valence-electron chi connectivity index (χ1n) is 6.65. The first-order valence-corrected chi connectivity index (χ1v) is 10.4. The van der Waals surface area contributed by atoms with Gasteiger partial charge in [-0.2, -0.15) is 5.10 Å². The summed E-state index contributed by atoms with van der Waals surface area (Å²) in [6.45, 7) is 7.86. The Balaban J connectivity index is 2.12. The first kappa shape index (κ1) is 14.7. The van der Waals surface area contributed by atoms with Crippen LogP contribution in [-0.2, 0) is 11.5 Å². The normalized spacial score (nSPS) is 11.9. The maximum Gasteiger partial charge on any atom is 0.357 e. The van der Waals surface area contributed by atoms with E-state index in [9.17, 15) is 4.79 Å². The van der Waals surface area contributed by atoms with E-state index in [0.717, 1.165) is 11.6 Å². The number of hydrogen-bond acceptors (Lipinski definition) is 3. The van der Waals surface area contributed by atoms with Crippen molar-refractivity contribution in [3.8, 4) is 0 Å². The van der Waals surface area contributed by atoms with E-state index in [1.165, 1.54) is 0 Å². The lowest BCUT2D eigenvalue weighted by atomic mass is 10.2. The summed E-state index contributed by atoms with van der Waals surface area (Å²) in [6, 6.07) is 8.39. The lowest BCUT2D eigenvalue weighted by Crippen LogP contribution is -2.22. The molecule has 20 heavy (non-hydrogen) atoms. The zero-order valence-electron chi connectivity index (χ0n) is 12.1. The van der Waals surface area contributed by atoms with Gasteiger partial charge >= 0.3 is 5.97 Å². The number of ether oxygens (including phenoxy) is 1. The SMILES string of the molecule is C[Si](C)(C)CCOCn1nc(C(=O)O)c2ccccc21.